The van der Waals surface area contributed by atoms with Crippen molar-refractivity contribution in [1.82, 2.24) is 10.6 Å². The largest absolute Gasteiger partial charge is 0.382 e. The average molecular weight is 257 g/mol. The van der Waals surface area contributed by atoms with Gasteiger partial charge in [0.1, 0.15) is 12.1 Å². The van der Waals surface area contributed by atoms with E-state index < -0.39 is 24.1 Å². The molecule has 3 atom stereocenters. The molecule has 1 aliphatic heterocycles. The van der Waals surface area contributed by atoms with Crippen molar-refractivity contribution in [2.45, 2.75) is 51.3 Å². The minimum absolute atomic E-state index is 0.00582. The van der Waals surface area contributed by atoms with E-state index in [0.29, 0.717) is 13.0 Å². The van der Waals surface area contributed by atoms with Crippen LogP contribution in [0.25, 0.3) is 0 Å². The molecule has 18 heavy (non-hydrogen) atoms. The molecule has 0 spiro atoms. The molecule has 5 N–H and O–H groups in total. The van der Waals surface area contributed by atoms with Gasteiger partial charge in [-0.1, -0.05) is 13.8 Å². The standard InChI is InChI=1S/C12H23N3O3/c1-7(2)9(13)10(16)12(18)15-8-5-3-4-6-14-11(8)17/h7-10,16H,3-6,13H2,1-2H3,(H,14,17)(H,15,18)/t8-,9-,10?/m0/s1. The Balaban J connectivity index is 2.54. The van der Waals surface area contributed by atoms with E-state index in [4.69, 9.17) is 5.73 Å². The Kier molecular flexibility index (Phi) is 5.55. The zero-order valence-corrected chi connectivity index (χ0v) is 11.0. The number of carbonyl (C=O) groups excluding carboxylic acids is 2. The topological polar surface area (TPSA) is 104 Å². The fraction of sp³-hybridized carbons (Fsp3) is 0.833. The van der Waals surface area contributed by atoms with Crippen LogP contribution in [0.1, 0.15) is 33.1 Å². The minimum atomic E-state index is -1.28. The summed E-state index contributed by atoms with van der Waals surface area (Å²) in [5, 5.41) is 15.1. The molecule has 0 aromatic heterocycles. The van der Waals surface area contributed by atoms with E-state index in [2.05, 4.69) is 10.6 Å². The molecule has 1 aliphatic rings. The van der Waals surface area contributed by atoms with Crippen LogP contribution in [0.4, 0.5) is 0 Å². The van der Waals surface area contributed by atoms with Crippen LogP contribution in [0, 0.1) is 5.92 Å². The molecule has 0 aromatic rings. The molecule has 0 saturated carbocycles. The number of amides is 2. The smallest absolute Gasteiger partial charge is 0.251 e. The highest BCUT2D eigenvalue weighted by Gasteiger charge is 2.29. The van der Waals surface area contributed by atoms with Gasteiger partial charge in [-0.3, -0.25) is 9.59 Å². The summed E-state index contributed by atoms with van der Waals surface area (Å²) in [4.78, 5) is 23.4. The van der Waals surface area contributed by atoms with Gasteiger partial charge in [0.05, 0.1) is 0 Å². The minimum Gasteiger partial charge on any atom is -0.382 e. The summed E-state index contributed by atoms with van der Waals surface area (Å²) in [6.45, 7) is 4.30. The number of nitrogens with one attached hydrogen (secondary N) is 2. The molecule has 6 nitrogen and oxygen atoms in total. The van der Waals surface area contributed by atoms with E-state index in [-0.39, 0.29) is 11.8 Å². The molecule has 2 amide bonds. The quantitative estimate of drug-likeness (QED) is 0.524. The Labute approximate surface area is 107 Å². The monoisotopic (exact) mass is 257 g/mol. The lowest BCUT2D eigenvalue weighted by Gasteiger charge is -2.23. The van der Waals surface area contributed by atoms with E-state index in [9.17, 15) is 14.7 Å². The molecule has 0 aromatic carbocycles. The molecule has 1 heterocycles. The van der Waals surface area contributed by atoms with Crippen LogP contribution in [0.3, 0.4) is 0 Å². The van der Waals surface area contributed by atoms with Gasteiger partial charge in [0, 0.05) is 12.6 Å². The van der Waals surface area contributed by atoms with Crippen LogP contribution in [0.5, 0.6) is 0 Å². The zero-order chi connectivity index (χ0) is 13.7. The fourth-order valence-electron chi connectivity index (χ4n) is 1.87. The van der Waals surface area contributed by atoms with Gasteiger partial charge in [-0.2, -0.15) is 0 Å². The predicted octanol–water partition coefficient (Wildman–Crippen LogP) is -0.884. The van der Waals surface area contributed by atoms with Gasteiger partial charge in [-0.05, 0) is 25.2 Å². The Hall–Kier alpha value is -1.14. The number of carbonyl (C=O) groups is 2. The maximum absolute atomic E-state index is 11.8. The van der Waals surface area contributed by atoms with Gasteiger partial charge in [0.25, 0.3) is 5.91 Å². The lowest BCUT2D eigenvalue weighted by atomic mass is 9.98. The Morgan fingerprint density at radius 1 is 1.50 bits per heavy atom. The van der Waals surface area contributed by atoms with E-state index >= 15 is 0 Å². The molecule has 0 aliphatic carbocycles. The fourth-order valence-corrected chi connectivity index (χ4v) is 1.87. The highest BCUT2D eigenvalue weighted by molar-refractivity contribution is 5.89. The first-order valence-electron chi connectivity index (χ1n) is 6.45. The van der Waals surface area contributed by atoms with Crippen molar-refractivity contribution in [1.29, 1.82) is 0 Å². The summed E-state index contributed by atoms with van der Waals surface area (Å²) in [6.07, 6.45) is 1.10. The maximum Gasteiger partial charge on any atom is 0.251 e. The van der Waals surface area contributed by atoms with Crippen molar-refractivity contribution in [2.24, 2.45) is 11.7 Å². The highest BCUT2D eigenvalue weighted by Crippen LogP contribution is 2.08. The number of hydrogen-bond acceptors (Lipinski definition) is 4. The van der Waals surface area contributed by atoms with Gasteiger partial charge in [0.15, 0.2) is 0 Å². The van der Waals surface area contributed by atoms with E-state index in [1.807, 2.05) is 13.8 Å². The van der Waals surface area contributed by atoms with Crippen molar-refractivity contribution in [3.63, 3.8) is 0 Å². The third-order valence-corrected chi connectivity index (χ3v) is 3.25. The van der Waals surface area contributed by atoms with Crippen LogP contribution in [0.2, 0.25) is 0 Å². The third kappa shape index (κ3) is 3.96. The molecule has 1 rings (SSSR count). The molecule has 0 radical (unpaired) electrons. The second-order valence-electron chi connectivity index (χ2n) is 5.11. The number of rotatable bonds is 4. The Morgan fingerprint density at radius 2 is 2.17 bits per heavy atom. The van der Waals surface area contributed by atoms with Crippen LogP contribution >= 0.6 is 0 Å². The Bertz CT molecular complexity index is 307. The van der Waals surface area contributed by atoms with Gasteiger partial charge in [-0.25, -0.2) is 0 Å². The van der Waals surface area contributed by atoms with Gasteiger partial charge in [-0.15, -0.1) is 0 Å². The van der Waals surface area contributed by atoms with Crippen molar-refractivity contribution in [3.8, 4) is 0 Å². The molecular weight excluding hydrogens is 234 g/mol. The van der Waals surface area contributed by atoms with Crippen LogP contribution in [-0.4, -0.2) is 41.7 Å². The van der Waals surface area contributed by atoms with Crippen LogP contribution in [-0.2, 0) is 9.59 Å². The average Bonchev–Trinajstić information content (AvgIpc) is 2.53. The normalized spacial score (nSPS) is 24.1. The number of hydrogen-bond donors (Lipinski definition) is 4. The molecule has 1 fully saturated rings. The van der Waals surface area contributed by atoms with Gasteiger partial charge >= 0.3 is 0 Å². The van der Waals surface area contributed by atoms with E-state index in [1.54, 1.807) is 0 Å². The lowest BCUT2D eigenvalue weighted by Crippen LogP contribution is -2.54. The van der Waals surface area contributed by atoms with Crippen molar-refractivity contribution >= 4 is 11.8 Å². The SMILES string of the molecule is CC(C)[C@H](N)C(O)C(=O)N[C@H]1CCCCNC1=O. The van der Waals surface area contributed by atoms with Gasteiger partial charge < -0.3 is 21.5 Å². The van der Waals surface area contributed by atoms with E-state index in [1.165, 1.54) is 0 Å². The second kappa shape index (κ2) is 6.70. The zero-order valence-electron chi connectivity index (χ0n) is 11.0. The first kappa shape index (κ1) is 14.9. The van der Waals surface area contributed by atoms with E-state index in [0.717, 1.165) is 12.8 Å². The van der Waals surface area contributed by atoms with Crippen molar-refractivity contribution in [2.75, 3.05) is 6.54 Å². The first-order chi connectivity index (χ1) is 8.43. The first-order valence-corrected chi connectivity index (χ1v) is 6.45. The molecular formula is C12H23N3O3. The third-order valence-electron chi connectivity index (χ3n) is 3.25. The summed E-state index contributed by atoms with van der Waals surface area (Å²) >= 11 is 0. The molecule has 6 heteroatoms. The summed E-state index contributed by atoms with van der Waals surface area (Å²) in [6, 6.07) is -1.19. The summed E-state index contributed by atoms with van der Waals surface area (Å²) in [5.74, 6) is -0.766. The molecule has 104 valence electrons. The summed E-state index contributed by atoms with van der Waals surface area (Å²) < 4.78 is 0. The maximum atomic E-state index is 11.8. The van der Waals surface area contributed by atoms with Gasteiger partial charge in [0.2, 0.25) is 5.91 Å². The lowest BCUT2D eigenvalue weighted by molar-refractivity contribution is -0.135. The number of aliphatic hydroxyl groups excluding tert-OH is 1. The molecule has 1 unspecified atom stereocenters. The van der Waals surface area contributed by atoms with Crippen molar-refractivity contribution < 1.29 is 14.7 Å². The molecule has 0 bridgehead atoms. The Morgan fingerprint density at radius 3 is 2.78 bits per heavy atom. The van der Waals surface area contributed by atoms with Crippen LogP contribution in [0.15, 0.2) is 0 Å². The number of nitrogens with two attached hydrogens (primary N) is 1. The predicted molar refractivity (Wildman–Crippen MR) is 67.6 cm³/mol. The van der Waals surface area contributed by atoms with Crippen molar-refractivity contribution in [3.05, 3.63) is 0 Å². The number of aliphatic hydroxyl groups is 1. The second-order valence-corrected chi connectivity index (χ2v) is 5.11. The summed E-state index contributed by atoms with van der Waals surface area (Å²) in [7, 11) is 0. The summed E-state index contributed by atoms with van der Waals surface area (Å²) in [5.41, 5.74) is 5.72. The molecule has 1 saturated heterocycles. The van der Waals surface area contributed by atoms with Crippen LogP contribution < -0.4 is 16.4 Å². The highest BCUT2D eigenvalue weighted by atomic mass is 16.3.